The topological polar surface area (TPSA) is 61.4 Å². The van der Waals surface area contributed by atoms with Gasteiger partial charge in [-0.25, -0.2) is 4.79 Å². The van der Waals surface area contributed by atoms with E-state index in [0.29, 0.717) is 23.9 Å². The molecule has 3 amide bonds. The number of amides is 3. The number of rotatable bonds is 3. The second kappa shape index (κ2) is 7.43. The minimum absolute atomic E-state index is 0.0219. The number of carbonyl (C=O) groups is 2. The van der Waals surface area contributed by atoms with E-state index in [1.165, 1.54) is 12.8 Å². The molecule has 0 unspecified atom stereocenters. The summed E-state index contributed by atoms with van der Waals surface area (Å²) < 4.78 is 0. The number of nitrogens with zero attached hydrogens (tertiary/aromatic N) is 1. The van der Waals surface area contributed by atoms with Gasteiger partial charge < -0.3 is 15.5 Å². The second-order valence-corrected chi connectivity index (χ2v) is 7.30. The van der Waals surface area contributed by atoms with E-state index in [9.17, 15) is 9.59 Å². The molecule has 0 aromatic heterocycles. The number of carbonyl (C=O) groups excluding carboxylic acids is 2. The van der Waals surface area contributed by atoms with Gasteiger partial charge in [0.1, 0.15) is 0 Å². The number of hydrogen-bond acceptors (Lipinski definition) is 2. The fourth-order valence-electron chi connectivity index (χ4n) is 3.60. The summed E-state index contributed by atoms with van der Waals surface area (Å²) >= 11 is 5.89. The van der Waals surface area contributed by atoms with E-state index in [1.54, 1.807) is 17.0 Å². The minimum atomic E-state index is -0.162. The van der Waals surface area contributed by atoms with Crippen molar-refractivity contribution in [2.75, 3.05) is 11.4 Å². The highest BCUT2D eigenvalue weighted by Crippen LogP contribution is 2.25. The van der Waals surface area contributed by atoms with Crippen molar-refractivity contribution in [1.82, 2.24) is 10.6 Å². The summed E-state index contributed by atoms with van der Waals surface area (Å²) in [5.74, 6) is 0.536. The largest absolute Gasteiger partial charge is 0.335 e. The highest BCUT2D eigenvalue weighted by Gasteiger charge is 2.32. The third-order valence-corrected chi connectivity index (χ3v) is 5.28. The van der Waals surface area contributed by atoms with E-state index in [2.05, 4.69) is 17.6 Å². The first kappa shape index (κ1) is 17.1. The van der Waals surface area contributed by atoms with Gasteiger partial charge >= 0.3 is 6.03 Å². The van der Waals surface area contributed by atoms with Crippen LogP contribution in [0, 0.1) is 5.92 Å². The maximum absolute atomic E-state index is 12.2. The third-order valence-electron chi connectivity index (χ3n) is 5.03. The molecule has 2 N–H and O–H groups in total. The lowest BCUT2D eigenvalue weighted by Gasteiger charge is -2.30. The van der Waals surface area contributed by atoms with E-state index < -0.39 is 0 Å². The Morgan fingerprint density at radius 3 is 2.58 bits per heavy atom. The number of nitrogens with one attached hydrogen (secondary N) is 2. The zero-order chi connectivity index (χ0) is 17.1. The van der Waals surface area contributed by atoms with E-state index in [0.717, 1.165) is 18.5 Å². The fraction of sp³-hybridized carbons (Fsp3) is 0.556. The number of urea groups is 1. The molecule has 1 aromatic carbocycles. The number of benzene rings is 1. The average molecular weight is 350 g/mol. The van der Waals surface area contributed by atoms with Crippen LogP contribution < -0.4 is 15.5 Å². The zero-order valence-corrected chi connectivity index (χ0v) is 14.7. The smallest absolute Gasteiger partial charge is 0.315 e. The van der Waals surface area contributed by atoms with Gasteiger partial charge in [0, 0.05) is 29.7 Å². The Bertz CT molecular complexity index is 605. The van der Waals surface area contributed by atoms with Crippen LogP contribution in [0.15, 0.2) is 24.3 Å². The Labute approximate surface area is 147 Å². The van der Waals surface area contributed by atoms with Gasteiger partial charge in [0.15, 0.2) is 0 Å². The molecule has 1 saturated heterocycles. The van der Waals surface area contributed by atoms with Crippen LogP contribution in [0.25, 0.3) is 0 Å². The molecule has 1 aliphatic heterocycles. The summed E-state index contributed by atoms with van der Waals surface area (Å²) in [4.78, 5) is 26.2. The molecule has 2 fully saturated rings. The molecular weight excluding hydrogens is 326 g/mol. The molecule has 0 bridgehead atoms. The summed E-state index contributed by atoms with van der Waals surface area (Å²) in [5.41, 5.74) is 0.815. The highest BCUT2D eigenvalue weighted by molar-refractivity contribution is 6.30. The van der Waals surface area contributed by atoms with Crippen LogP contribution in [0.4, 0.5) is 10.5 Å². The zero-order valence-electron chi connectivity index (χ0n) is 13.9. The Morgan fingerprint density at radius 1 is 1.17 bits per heavy atom. The molecule has 3 atom stereocenters. The van der Waals surface area contributed by atoms with Crippen molar-refractivity contribution in [3.8, 4) is 0 Å². The molecule has 0 radical (unpaired) electrons. The van der Waals surface area contributed by atoms with Crippen LogP contribution in [-0.4, -0.2) is 30.6 Å². The Hall–Kier alpha value is -1.75. The first-order valence-electron chi connectivity index (χ1n) is 8.66. The van der Waals surface area contributed by atoms with Crippen molar-refractivity contribution in [2.24, 2.45) is 5.92 Å². The van der Waals surface area contributed by atoms with Crippen LogP contribution in [0.1, 0.15) is 39.0 Å². The predicted octanol–water partition coefficient (Wildman–Crippen LogP) is 3.32. The van der Waals surface area contributed by atoms with Crippen LogP contribution in [0.2, 0.25) is 5.02 Å². The normalized spacial score (nSPS) is 27.2. The first-order valence-corrected chi connectivity index (χ1v) is 9.03. The second-order valence-electron chi connectivity index (χ2n) is 6.87. The van der Waals surface area contributed by atoms with Gasteiger partial charge in [-0.1, -0.05) is 31.4 Å². The molecular formula is C18H24ClN3O2. The van der Waals surface area contributed by atoms with Crippen LogP contribution >= 0.6 is 11.6 Å². The van der Waals surface area contributed by atoms with Gasteiger partial charge in [-0.15, -0.1) is 0 Å². The number of anilines is 1. The van der Waals surface area contributed by atoms with Gasteiger partial charge in [-0.3, -0.25) is 4.79 Å². The molecule has 1 aliphatic carbocycles. The van der Waals surface area contributed by atoms with E-state index in [4.69, 9.17) is 11.6 Å². The van der Waals surface area contributed by atoms with Gasteiger partial charge in [0.05, 0.1) is 6.04 Å². The van der Waals surface area contributed by atoms with Gasteiger partial charge in [-0.2, -0.15) is 0 Å². The molecule has 2 aliphatic rings. The van der Waals surface area contributed by atoms with Crippen LogP contribution in [0.3, 0.4) is 0 Å². The van der Waals surface area contributed by atoms with E-state index >= 15 is 0 Å². The highest BCUT2D eigenvalue weighted by atomic mass is 35.5. The van der Waals surface area contributed by atoms with Crippen molar-refractivity contribution in [2.45, 2.75) is 51.1 Å². The molecule has 130 valence electrons. The van der Waals surface area contributed by atoms with Crippen molar-refractivity contribution < 1.29 is 9.59 Å². The standard InChI is InChI=1S/C18H24ClN3O2/c1-12-4-2-3-5-16(12)21-18(24)20-14-10-17(23)22(11-14)15-8-6-13(19)7-9-15/h6-9,12,14,16H,2-5,10-11H2,1H3,(H2,20,21,24)/t12-,14-,16+/m1/s1. The molecule has 1 saturated carbocycles. The predicted molar refractivity (Wildman–Crippen MR) is 95.3 cm³/mol. The average Bonchev–Trinajstić information content (AvgIpc) is 2.90. The summed E-state index contributed by atoms with van der Waals surface area (Å²) in [7, 11) is 0. The van der Waals surface area contributed by atoms with Crippen molar-refractivity contribution in [3.05, 3.63) is 29.3 Å². The fourth-order valence-corrected chi connectivity index (χ4v) is 3.73. The van der Waals surface area contributed by atoms with Crippen molar-refractivity contribution in [3.63, 3.8) is 0 Å². The summed E-state index contributed by atoms with van der Waals surface area (Å²) in [6.45, 7) is 2.68. The lowest BCUT2D eigenvalue weighted by molar-refractivity contribution is -0.117. The monoisotopic (exact) mass is 349 g/mol. The lowest BCUT2D eigenvalue weighted by Crippen LogP contribution is -2.49. The third kappa shape index (κ3) is 4.01. The Kier molecular flexibility index (Phi) is 5.29. The van der Waals surface area contributed by atoms with Crippen LogP contribution in [-0.2, 0) is 4.79 Å². The summed E-state index contributed by atoms with van der Waals surface area (Å²) in [6.07, 6.45) is 4.94. The molecule has 0 spiro atoms. The number of hydrogen-bond donors (Lipinski definition) is 2. The lowest BCUT2D eigenvalue weighted by atomic mass is 9.86. The molecule has 1 heterocycles. The Morgan fingerprint density at radius 2 is 1.88 bits per heavy atom. The number of halogens is 1. The van der Waals surface area contributed by atoms with Gasteiger partial charge in [0.25, 0.3) is 0 Å². The van der Waals surface area contributed by atoms with Crippen LogP contribution in [0.5, 0.6) is 0 Å². The maximum atomic E-state index is 12.2. The first-order chi connectivity index (χ1) is 11.5. The summed E-state index contributed by atoms with van der Waals surface area (Å²) in [5, 5.41) is 6.66. The maximum Gasteiger partial charge on any atom is 0.315 e. The molecule has 1 aromatic rings. The van der Waals surface area contributed by atoms with E-state index in [-0.39, 0.29) is 24.0 Å². The minimum Gasteiger partial charge on any atom is -0.335 e. The molecule has 24 heavy (non-hydrogen) atoms. The molecule has 5 nitrogen and oxygen atoms in total. The molecule has 6 heteroatoms. The SMILES string of the molecule is C[C@@H]1CCCC[C@@H]1NC(=O)N[C@@H]1CC(=O)N(c2ccc(Cl)cc2)C1. The van der Waals surface area contributed by atoms with E-state index in [1.807, 2.05) is 12.1 Å². The van der Waals surface area contributed by atoms with Crippen molar-refractivity contribution in [1.29, 1.82) is 0 Å². The van der Waals surface area contributed by atoms with Gasteiger partial charge in [-0.05, 0) is 43.0 Å². The quantitative estimate of drug-likeness (QED) is 0.879. The Balaban J connectivity index is 1.54. The van der Waals surface area contributed by atoms with Crippen molar-refractivity contribution >= 4 is 29.2 Å². The molecule has 3 rings (SSSR count). The van der Waals surface area contributed by atoms with Gasteiger partial charge in [0.2, 0.25) is 5.91 Å². The summed E-state index contributed by atoms with van der Waals surface area (Å²) in [6, 6.07) is 7.10.